The number of aliphatic imine (C=N–C) groups is 1. The number of hydrogen-bond donors (Lipinski definition) is 2. The van der Waals surface area contributed by atoms with E-state index in [0.717, 1.165) is 36.2 Å². The first-order valence-corrected chi connectivity index (χ1v) is 7.38. The van der Waals surface area contributed by atoms with Gasteiger partial charge in [-0.3, -0.25) is 4.99 Å². The van der Waals surface area contributed by atoms with Gasteiger partial charge in [-0.2, -0.15) is 5.10 Å². The third-order valence-electron chi connectivity index (χ3n) is 3.60. The minimum Gasteiger partial charge on any atom is -0.356 e. The summed E-state index contributed by atoms with van der Waals surface area (Å²) in [5, 5.41) is 11.1. The van der Waals surface area contributed by atoms with Crippen molar-refractivity contribution in [3.05, 3.63) is 48.3 Å². The quantitative estimate of drug-likeness (QED) is 0.651. The summed E-state index contributed by atoms with van der Waals surface area (Å²) in [6, 6.07) is 10.1. The molecule has 0 saturated heterocycles. The van der Waals surface area contributed by atoms with Crippen LogP contribution in [-0.4, -0.2) is 29.3 Å². The minimum absolute atomic E-state index is 0.719. The van der Waals surface area contributed by atoms with E-state index in [2.05, 4.69) is 20.7 Å². The van der Waals surface area contributed by atoms with Gasteiger partial charge in [0.25, 0.3) is 0 Å². The Hall–Kier alpha value is -2.30. The summed E-state index contributed by atoms with van der Waals surface area (Å²) in [5.74, 6) is 1.69. The average Bonchev–Trinajstić information content (AvgIpc) is 3.24. The van der Waals surface area contributed by atoms with Crippen LogP contribution in [0, 0.1) is 5.92 Å². The van der Waals surface area contributed by atoms with Gasteiger partial charge < -0.3 is 10.6 Å². The number of guanidine groups is 1. The van der Waals surface area contributed by atoms with Crippen LogP contribution in [0.1, 0.15) is 18.4 Å². The lowest BCUT2D eigenvalue weighted by molar-refractivity contribution is 0.737. The van der Waals surface area contributed by atoms with E-state index >= 15 is 0 Å². The second-order valence-electron chi connectivity index (χ2n) is 5.38. The Balaban J connectivity index is 1.54. The topological polar surface area (TPSA) is 54.2 Å². The Kier molecular flexibility index (Phi) is 4.19. The van der Waals surface area contributed by atoms with Gasteiger partial charge in [0.1, 0.15) is 0 Å². The maximum absolute atomic E-state index is 4.39. The second-order valence-corrected chi connectivity index (χ2v) is 5.38. The Morgan fingerprint density at radius 2 is 2.10 bits per heavy atom. The molecule has 3 rings (SSSR count). The van der Waals surface area contributed by atoms with Crippen molar-refractivity contribution in [2.45, 2.75) is 19.4 Å². The molecule has 0 spiro atoms. The van der Waals surface area contributed by atoms with Gasteiger partial charge in [0.15, 0.2) is 5.96 Å². The maximum Gasteiger partial charge on any atom is 0.191 e. The first kappa shape index (κ1) is 13.7. The van der Waals surface area contributed by atoms with Crippen LogP contribution in [0.25, 0.3) is 5.69 Å². The molecule has 2 N–H and O–H groups in total. The zero-order valence-corrected chi connectivity index (χ0v) is 12.3. The molecule has 1 fully saturated rings. The van der Waals surface area contributed by atoms with Gasteiger partial charge in [-0.05, 0) is 30.9 Å². The monoisotopic (exact) mass is 283 g/mol. The number of nitrogens with zero attached hydrogens (tertiary/aromatic N) is 3. The Bertz CT molecular complexity index is 598. The van der Waals surface area contributed by atoms with E-state index < -0.39 is 0 Å². The third kappa shape index (κ3) is 3.84. The van der Waals surface area contributed by atoms with Gasteiger partial charge in [0, 0.05) is 31.9 Å². The molecule has 1 aliphatic rings. The molecule has 0 amide bonds. The number of benzene rings is 1. The van der Waals surface area contributed by atoms with Crippen LogP contribution in [0.15, 0.2) is 47.7 Å². The summed E-state index contributed by atoms with van der Waals surface area (Å²) in [5.41, 5.74) is 2.20. The molecular formula is C16H21N5. The van der Waals surface area contributed by atoms with Crippen molar-refractivity contribution in [2.75, 3.05) is 13.6 Å². The molecule has 0 radical (unpaired) electrons. The van der Waals surface area contributed by atoms with Crippen molar-refractivity contribution in [1.29, 1.82) is 0 Å². The van der Waals surface area contributed by atoms with Crippen molar-refractivity contribution in [1.82, 2.24) is 20.4 Å². The highest BCUT2D eigenvalue weighted by atomic mass is 15.3. The zero-order chi connectivity index (χ0) is 14.5. The Labute approximate surface area is 125 Å². The van der Waals surface area contributed by atoms with Gasteiger partial charge in [-0.15, -0.1) is 0 Å². The summed E-state index contributed by atoms with van der Waals surface area (Å²) >= 11 is 0. The third-order valence-corrected chi connectivity index (χ3v) is 3.60. The molecule has 2 aromatic rings. The first-order valence-electron chi connectivity index (χ1n) is 7.38. The molecule has 0 unspecified atom stereocenters. The zero-order valence-electron chi connectivity index (χ0n) is 12.3. The molecule has 1 saturated carbocycles. The fourth-order valence-corrected chi connectivity index (χ4v) is 2.14. The lowest BCUT2D eigenvalue weighted by Crippen LogP contribution is -2.37. The maximum atomic E-state index is 4.39. The van der Waals surface area contributed by atoms with E-state index in [-0.39, 0.29) is 0 Å². The SMILES string of the molecule is CN=C(NCc1cnn(-c2ccccc2)c1)NCC1CC1. The number of nitrogens with one attached hydrogen (secondary N) is 2. The summed E-state index contributed by atoms with van der Waals surface area (Å²) < 4.78 is 1.89. The van der Waals surface area contributed by atoms with E-state index in [4.69, 9.17) is 0 Å². The fourth-order valence-electron chi connectivity index (χ4n) is 2.14. The summed E-state index contributed by atoms with van der Waals surface area (Å²) in [4.78, 5) is 4.24. The normalized spacial score (nSPS) is 15.0. The number of rotatable bonds is 5. The highest BCUT2D eigenvalue weighted by Crippen LogP contribution is 2.27. The van der Waals surface area contributed by atoms with Gasteiger partial charge in [0.2, 0.25) is 0 Å². The van der Waals surface area contributed by atoms with E-state index in [1.54, 1.807) is 7.05 Å². The first-order chi connectivity index (χ1) is 10.3. The van der Waals surface area contributed by atoms with Crippen molar-refractivity contribution in [3.8, 4) is 5.69 Å². The van der Waals surface area contributed by atoms with Gasteiger partial charge in [-0.1, -0.05) is 18.2 Å². The molecule has 1 aromatic carbocycles. The van der Waals surface area contributed by atoms with Crippen LogP contribution in [0.2, 0.25) is 0 Å². The predicted octanol–water partition coefficient (Wildman–Crippen LogP) is 1.95. The van der Waals surface area contributed by atoms with E-state index in [1.807, 2.05) is 47.4 Å². The lowest BCUT2D eigenvalue weighted by atomic mass is 10.3. The van der Waals surface area contributed by atoms with Crippen molar-refractivity contribution < 1.29 is 0 Å². The van der Waals surface area contributed by atoms with Crippen LogP contribution >= 0.6 is 0 Å². The number of para-hydroxylation sites is 1. The molecule has 110 valence electrons. The van der Waals surface area contributed by atoms with E-state index in [9.17, 15) is 0 Å². The highest BCUT2D eigenvalue weighted by Gasteiger charge is 2.20. The second kappa shape index (κ2) is 6.43. The van der Waals surface area contributed by atoms with E-state index in [0.29, 0.717) is 0 Å². The molecule has 5 nitrogen and oxygen atoms in total. The molecule has 5 heteroatoms. The molecule has 21 heavy (non-hydrogen) atoms. The molecule has 1 aliphatic carbocycles. The smallest absolute Gasteiger partial charge is 0.191 e. The van der Waals surface area contributed by atoms with Crippen LogP contribution in [-0.2, 0) is 6.54 Å². The lowest BCUT2D eigenvalue weighted by Gasteiger charge is -2.10. The number of aromatic nitrogens is 2. The van der Waals surface area contributed by atoms with Crippen LogP contribution in [0.4, 0.5) is 0 Å². The van der Waals surface area contributed by atoms with Crippen LogP contribution in [0.3, 0.4) is 0 Å². The summed E-state index contributed by atoms with van der Waals surface area (Å²) in [6.07, 6.45) is 6.60. The standard InChI is InChI=1S/C16H21N5/c1-17-16(18-9-13-7-8-13)19-10-14-11-20-21(12-14)15-5-3-2-4-6-15/h2-6,11-13H,7-10H2,1H3,(H2,17,18,19). The Morgan fingerprint density at radius 3 is 2.81 bits per heavy atom. The van der Waals surface area contributed by atoms with Crippen LogP contribution < -0.4 is 10.6 Å². The molecular weight excluding hydrogens is 262 g/mol. The van der Waals surface area contributed by atoms with Crippen molar-refractivity contribution >= 4 is 5.96 Å². The number of hydrogen-bond acceptors (Lipinski definition) is 2. The highest BCUT2D eigenvalue weighted by molar-refractivity contribution is 5.79. The van der Waals surface area contributed by atoms with Crippen LogP contribution in [0.5, 0.6) is 0 Å². The van der Waals surface area contributed by atoms with Crippen molar-refractivity contribution in [3.63, 3.8) is 0 Å². The minimum atomic E-state index is 0.719. The molecule has 0 atom stereocenters. The Morgan fingerprint density at radius 1 is 1.29 bits per heavy atom. The summed E-state index contributed by atoms with van der Waals surface area (Å²) in [7, 11) is 1.80. The van der Waals surface area contributed by atoms with E-state index in [1.165, 1.54) is 12.8 Å². The van der Waals surface area contributed by atoms with Gasteiger partial charge >= 0.3 is 0 Å². The summed E-state index contributed by atoms with van der Waals surface area (Å²) in [6.45, 7) is 1.74. The largest absolute Gasteiger partial charge is 0.356 e. The molecule has 1 aromatic heterocycles. The predicted molar refractivity (Wildman–Crippen MR) is 84.5 cm³/mol. The average molecular weight is 283 g/mol. The van der Waals surface area contributed by atoms with Crippen molar-refractivity contribution in [2.24, 2.45) is 10.9 Å². The molecule has 0 bridgehead atoms. The molecule has 0 aliphatic heterocycles. The van der Waals surface area contributed by atoms with Gasteiger partial charge in [0.05, 0.1) is 11.9 Å². The van der Waals surface area contributed by atoms with Gasteiger partial charge in [-0.25, -0.2) is 4.68 Å². The fraction of sp³-hybridized carbons (Fsp3) is 0.375. The molecule has 1 heterocycles.